The lowest BCUT2D eigenvalue weighted by molar-refractivity contribution is 0.276. The molecule has 1 aliphatic heterocycles. The summed E-state index contributed by atoms with van der Waals surface area (Å²) in [6.45, 7) is 0.519. The highest BCUT2D eigenvalue weighted by molar-refractivity contribution is 8.12. The van der Waals surface area contributed by atoms with E-state index in [9.17, 15) is 0 Å². The quantitative estimate of drug-likeness (QED) is 0.465. The number of hydrogen-bond donors (Lipinski definition) is 1. The summed E-state index contributed by atoms with van der Waals surface area (Å²) in [7, 11) is 0. The molecule has 0 saturated heterocycles. The van der Waals surface area contributed by atoms with Crippen LogP contribution in [0.2, 0.25) is 0 Å². The molecule has 1 rings (SSSR count). The highest BCUT2D eigenvalue weighted by atomic mass is 32.2. The molecule has 0 amide bonds. The number of hydrogen-bond acceptors (Lipinski definition) is 3. The van der Waals surface area contributed by atoms with Crippen LogP contribution in [-0.4, -0.2) is 22.6 Å². The van der Waals surface area contributed by atoms with Gasteiger partial charge in [-0.25, -0.2) is 0 Å². The molecule has 6 heavy (non-hydrogen) atoms. The van der Waals surface area contributed by atoms with E-state index >= 15 is 0 Å². The fourth-order valence-electron chi connectivity index (χ4n) is 0.251. The van der Waals surface area contributed by atoms with Crippen molar-refractivity contribution in [3.8, 4) is 0 Å². The predicted octanol–water partition coefficient (Wildman–Crippen LogP) is -0.0431. The fourth-order valence-corrected chi connectivity index (χ4v) is 0.671. The lowest BCUT2D eigenvalue weighted by Gasteiger charge is -1.88. The summed E-state index contributed by atoms with van der Waals surface area (Å²) in [5.74, 6) is 0. The lowest BCUT2D eigenvalue weighted by atomic mass is 10.7. The van der Waals surface area contributed by atoms with Crippen LogP contribution in [0.3, 0.4) is 0 Å². The Morgan fingerprint density at radius 1 is 2.00 bits per heavy atom. The zero-order chi connectivity index (χ0) is 4.41. The minimum atomic E-state index is -0.315. The number of nitrogens with zero attached hydrogens (tertiary/aromatic N) is 1. The van der Waals surface area contributed by atoms with E-state index in [4.69, 9.17) is 5.11 Å². The molecule has 3 heteroatoms. The van der Waals surface area contributed by atoms with Crippen LogP contribution in [0.15, 0.2) is 4.99 Å². The first-order valence-electron chi connectivity index (χ1n) is 1.65. The van der Waals surface area contributed by atoms with E-state index in [2.05, 4.69) is 10.5 Å². The van der Waals surface area contributed by atoms with Gasteiger partial charge in [0.05, 0.1) is 6.54 Å². The van der Waals surface area contributed by atoms with Gasteiger partial charge in [0.15, 0.2) is 0 Å². The van der Waals surface area contributed by atoms with Crippen LogP contribution >= 0.6 is 11.8 Å². The second-order valence-electron chi connectivity index (χ2n) is 1.00. The Balaban J connectivity index is 2.32. The van der Waals surface area contributed by atoms with Gasteiger partial charge in [-0.05, 0) is 0 Å². The maximum absolute atomic E-state index is 8.54. The molecule has 1 aliphatic rings. The number of rotatable bonds is 0. The predicted molar refractivity (Wildman–Crippen MR) is 25.9 cm³/mol. The van der Waals surface area contributed by atoms with E-state index in [0.29, 0.717) is 6.54 Å². The minimum Gasteiger partial charge on any atom is -0.380 e. The average molecular weight is 102 g/mol. The molecule has 1 atom stereocenters. The first kappa shape index (κ1) is 4.15. The molecule has 1 heterocycles. The van der Waals surface area contributed by atoms with Gasteiger partial charge in [-0.3, -0.25) is 4.99 Å². The van der Waals surface area contributed by atoms with Gasteiger partial charge < -0.3 is 5.11 Å². The van der Waals surface area contributed by atoms with Crippen molar-refractivity contribution in [2.75, 3.05) is 6.54 Å². The molecular formula is C3H4NOS. The van der Waals surface area contributed by atoms with E-state index < -0.39 is 0 Å². The number of aliphatic hydroxyl groups is 1. The maximum Gasteiger partial charge on any atom is 0.125 e. The van der Waals surface area contributed by atoms with Crippen molar-refractivity contribution in [1.82, 2.24) is 0 Å². The summed E-state index contributed by atoms with van der Waals surface area (Å²) in [4.78, 5) is 3.63. The third kappa shape index (κ3) is 0.725. The van der Waals surface area contributed by atoms with Crippen molar-refractivity contribution in [3.63, 3.8) is 0 Å². The highest BCUT2D eigenvalue weighted by Gasteiger charge is 2.05. The van der Waals surface area contributed by atoms with E-state index in [1.807, 2.05) is 0 Å². The smallest absolute Gasteiger partial charge is 0.125 e. The molecule has 0 saturated carbocycles. The highest BCUT2D eigenvalue weighted by Crippen LogP contribution is 2.09. The monoisotopic (exact) mass is 102 g/mol. The van der Waals surface area contributed by atoms with Gasteiger partial charge in [-0.15, -0.1) is 0 Å². The molecule has 1 N–H and O–H groups in total. The van der Waals surface area contributed by atoms with Crippen LogP contribution in [0, 0.1) is 0 Å². The second kappa shape index (κ2) is 1.62. The first-order valence-corrected chi connectivity index (χ1v) is 2.53. The van der Waals surface area contributed by atoms with Crippen LogP contribution in [-0.2, 0) is 0 Å². The van der Waals surface area contributed by atoms with Gasteiger partial charge >= 0.3 is 0 Å². The molecule has 2 nitrogen and oxygen atoms in total. The molecule has 0 aliphatic carbocycles. The molecule has 0 aromatic carbocycles. The van der Waals surface area contributed by atoms with Crippen LogP contribution in [0.1, 0.15) is 0 Å². The Morgan fingerprint density at radius 3 is 3.00 bits per heavy atom. The Hall–Kier alpha value is -0.0200. The number of thioether (sulfide) groups is 1. The van der Waals surface area contributed by atoms with E-state index in [1.54, 1.807) is 0 Å². The Morgan fingerprint density at radius 2 is 2.83 bits per heavy atom. The van der Waals surface area contributed by atoms with E-state index in [0.717, 1.165) is 0 Å². The van der Waals surface area contributed by atoms with Gasteiger partial charge in [0, 0.05) is 0 Å². The number of aliphatic imine (C=N–C) groups is 1. The second-order valence-corrected chi connectivity index (χ2v) is 1.97. The zero-order valence-electron chi connectivity index (χ0n) is 3.09. The summed E-state index contributed by atoms with van der Waals surface area (Å²) in [5.41, 5.74) is 2.25. The summed E-state index contributed by atoms with van der Waals surface area (Å²) in [6.07, 6.45) is 0. The van der Waals surface area contributed by atoms with Crippen LogP contribution in [0.5, 0.6) is 0 Å². The standard InChI is InChI=1S/C3H4NOS/c5-3-1-4-2-6-3/h3,5H,1H2. The number of aliphatic hydroxyl groups excluding tert-OH is 1. The van der Waals surface area contributed by atoms with Crippen molar-refractivity contribution in [2.45, 2.75) is 5.44 Å². The van der Waals surface area contributed by atoms with Crippen LogP contribution in [0.4, 0.5) is 0 Å². The van der Waals surface area contributed by atoms with Crippen molar-refractivity contribution in [1.29, 1.82) is 0 Å². The molecule has 0 spiro atoms. The Labute approximate surface area is 40.3 Å². The molecule has 33 valence electrons. The summed E-state index contributed by atoms with van der Waals surface area (Å²) in [5, 5.41) is 8.54. The Bertz CT molecular complexity index is 65.2. The van der Waals surface area contributed by atoms with E-state index in [-0.39, 0.29) is 5.44 Å². The largest absolute Gasteiger partial charge is 0.380 e. The SMILES string of the molecule is OC1CN=[C]S1. The molecular weight excluding hydrogens is 98.1 g/mol. The topological polar surface area (TPSA) is 32.6 Å². The molecule has 0 fully saturated rings. The molecule has 0 aromatic rings. The third-order valence-corrected chi connectivity index (χ3v) is 1.16. The van der Waals surface area contributed by atoms with Gasteiger partial charge in [-0.1, -0.05) is 11.8 Å². The van der Waals surface area contributed by atoms with E-state index in [1.165, 1.54) is 11.8 Å². The fraction of sp³-hybridized carbons (Fsp3) is 0.667. The van der Waals surface area contributed by atoms with Gasteiger partial charge in [-0.2, -0.15) is 0 Å². The van der Waals surface area contributed by atoms with Gasteiger partial charge in [0.1, 0.15) is 11.0 Å². The minimum absolute atomic E-state index is 0.315. The van der Waals surface area contributed by atoms with Crippen LogP contribution < -0.4 is 0 Å². The summed E-state index contributed by atoms with van der Waals surface area (Å²) >= 11 is 1.24. The molecule has 1 radical (unpaired) electrons. The average Bonchev–Trinajstić information content (AvgIpc) is 1.86. The van der Waals surface area contributed by atoms with Crippen LogP contribution in [0.25, 0.3) is 0 Å². The van der Waals surface area contributed by atoms with Crippen molar-refractivity contribution in [3.05, 3.63) is 0 Å². The summed E-state index contributed by atoms with van der Waals surface area (Å²) in [6, 6.07) is 0. The third-order valence-electron chi connectivity index (χ3n) is 0.501. The molecule has 0 bridgehead atoms. The van der Waals surface area contributed by atoms with Crippen molar-refractivity contribution >= 4 is 17.3 Å². The normalized spacial score (nSPS) is 31.8. The van der Waals surface area contributed by atoms with Crippen molar-refractivity contribution < 1.29 is 5.11 Å². The Kier molecular flexibility index (Phi) is 1.12. The zero-order valence-corrected chi connectivity index (χ0v) is 3.90. The lowest BCUT2D eigenvalue weighted by Crippen LogP contribution is -1.97. The maximum atomic E-state index is 8.54. The van der Waals surface area contributed by atoms with Gasteiger partial charge in [0.2, 0.25) is 0 Å². The van der Waals surface area contributed by atoms with Gasteiger partial charge in [0.25, 0.3) is 0 Å². The molecule has 0 aromatic heterocycles. The summed E-state index contributed by atoms with van der Waals surface area (Å²) < 4.78 is 0. The van der Waals surface area contributed by atoms with Crippen molar-refractivity contribution in [2.24, 2.45) is 4.99 Å². The first-order chi connectivity index (χ1) is 2.89. The molecule has 1 unspecified atom stereocenters.